The highest BCUT2D eigenvalue weighted by atomic mass is 32.2. The Morgan fingerprint density at radius 3 is 2.64 bits per heavy atom. The minimum Gasteiger partial charge on any atom is -0.375 e. The second-order valence-corrected chi connectivity index (χ2v) is 6.10. The highest BCUT2D eigenvalue weighted by Gasteiger charge is 2.13. The van der Waals surface area contributed by atoms with Gasteiger partial charge in [-0.1, -0.05) is 6.07 Å². The van der Waals surface area contributed by atoms with E-state index >= 15 is 0 Å². The van der Waals surface area contributed by atoms with Gasteiger partial charge in [0.05, 0.1) is 0 Å². The van der Waals surface area contributed by atoms with Crippen molar-refractivity contribution in [1.29, 1.82) is 0 Å². The number of hydrogen-bond donors (Lipinski definition) is 2. The van der Waals surface area contributed by atoms with E-state index in [1.165, 1.54) is 30.2 Å². The SMILES string of the molecule is COCC(=O)Nc1cccc(NC(=O)c2sccc2SC)c1. The first-order chi connectivity index (χ1) is 10.6. The molecule has 0 aliphatic carbocycles. The number of carbonyl (C=O) groups excluding carboxylic acids is 2. The molecule has 2 amide bonds. The number of anilines is 2. The van der Waals surface area contributed by atoms with Crippen molar-refractivity contribution in [3.63, 3.8) is 0 Å². The van der Waals surface area contributed by atoms with E-state index in [-0.39, 0.29) is 18.4 Å². The summed E-state index contributed by atoms with van der Waals surface area (Å²) in [6.07, 6.45) is 1.94. The van der Waals surface area contributed by atoms with Gasteiger partial charge in [0.25, 0.3) is 5.91 Å². The van der Waals surface area contributed by atoms with Crippen LogP contribution in [0.25, 0.3) is 0 Å². The van der Waals surface area contributed by atoms with Crippen molar-refractivity contribution < 1.29 is 14.3 Å². The Bertz CT molecular complexity index is 670. The number of carbonyl (C=O) groups is 2. The summed E-state index contributed by atoms with van der Waals surface area (Å²) in [5, 5.41) is 7.43. The molecule has 0 fully saturated rings. The maximum atomic E-state index is 12.3. The van der Waals surface area contributed by atoms with Crippen molar-refractivity contribution >= 4 is 46.3 Å². The molecule has 116 valence electrons. The van der Waals surface area contributed by atoms with Crippen LogP contribution in [0.5, 0.6) is 0 Å². The molecule has 1 aromatic heterocycles. The Morgan fingerprint density at radius 2 is 1.95 bits per heavy atom. The Balaban J connectivity index is 2.07. The van der Waals surface area contributed by atoms with Gasteiger partial charge < -0.3 is 15.4 Å². The lowest BCUT2D eigenvalue weighted by Gasteiger charge is -2.08. The molecule has 0 atom stereocenters. The fraction of sp³-hybridized carbons (Fsp3) is 0.200. The maximum Gasteiger partial charge on any atom is 0.266 e. The monoisotopic (exact) mass is 336 g/mol. The van der Waals surface area contributed by atoms with E-state index in [0.29, 0.717) is 16.3 Å². The highest BCUT2D eigenvalue weighted by molar-refractivity contribution is 7.98. The van der Waals surface area contributed by atoms with E-state index in [0.717, 1.165) is 4.90 Å². The Hall–Kier alpha value is -1.83. The standard InChI is InChI=1S/C15H16N2O3S2/c1-20-9-13(18)16-10-4-3-5-11(8-10)17-15(19)14-12(21-2)6-7-22-14/h3-8H,9H2,1-2H3,(H,16,18)(H,17,19). The molecule has 22 heavy (non-hydrogen) atoms. The van der Waals surface area contributed by atoms with Gasteiger partial charge in [-0.15, -0.1) is 23.1 Å². The lowest BCUT2D eigenvalue weighted by molar-refractivity contribution is -0.119. The molecule has 0 aliphatic rings. The van der Waals surface area contributed by atoms with E-state index < -0.39 is 0 Å². The Morgan fingerprint density at radius 1 is 1.23 bits per heavy atom. The van der Waals surface area contributed by atoms with E-state index in [4.69, 9.17) is 4.74 Å². The minimum atomic E-state index is -0.242. The zero-order valence-corrected chi connectivity index (χ0v) is 13.8. The summed E-state index contributed by atoms with van der Waals surface area (Å²) in [7, 11) is 1.46. The third-order valence-electron chi connectivity index (χ3n) is 2.73. The van der Waals surface area contributed by atoms with Crippen LogP contribution < -0.4 is 10.6 Å². The molecule has 0 radical (unpaired) electrons. The summed E-state index contributed by atoms with van der Waals surface area (Å²) in [4.78, 5) is 25.4. The van der Waals surface area contributed by atoms with Gasteiger partial charge in [-0.3, -0.25) is 9.59 Å². The Labute approximate surface area is 137 Å². The molecule has 0 unspecified atom stereocenters. The average molecular weight is 336 g/mol. The number of benzene rings is 1. The third-order valence-corrected chi connectivity index (χ3v) is 4.56. The van der Waals surface area contributed by atoms with Crippen LogP contribution in [0.4, 0.5) is 11.4 Å². The number of thiophene rings is 1. The zero-order valence-electron chi connectivity index (χ0n) is 12.2. The van der Waals surface area contributed by atoms with Crippen LogP contribution in [0, 0.1) is 0 Å². The van der Waals surface area contributed by atoms with Gasteiger partial charge in [-0.25, -0.2) is 0 Å². The van der Waals surface area contributed by atoms with Crippen molar-refractivity contribution in [2.75, 3.05) is 30.6 Å². The molecule has 1 heterocycles. The van der Waals surface area contributed by atoms with Gasteiger partial charge in [-0.05, 0) is 35.9 Å². The van der Waals surface area contributed by atoms with Gasteiger partial charge in [0, 0.05) is 23.4 Å². The molecule has 1 aromatic carbocycles. The summed E-state index contributed by atoms with van der Waals surface area (Å²) >= 11 is 2.94. The highest BCUT2D eigenvalue weighted by Crippen LogP contribution is 2.26. The van der Waals surface area contributed by atoms with Crippen molar-refractivity contribution in [2.24, 2.45) is 0 Å². The molecule has 0 saturated heterocycles. The lowest BCUT2D eigenvalue weighted by Crippen LogP contribution is -2.17. The summed E-state index contributed by atoms with van der Waals surface area (Å²) in [5.74, 6) is -0.395. The smallest absolute Gasteiger partial charge is 0.266 e. The summed E-state index contributed by atoms with van der Waals surface area (Å²) in [6.45, 7) is -0.0110. The van der Waals surface area contributed by atoms with Crippen LogP contribution in [0.2, 0.25) is 0 Å². The first-order valence-corrected chi connectivity index (χ1v) is 8.56. The number of nitrogens with one attached hydrogen (secondary N) is 2. The molecular weight excluding hydrogens is 320 g/mol. The molecule has 0 aliphatic heterocycles. The summed E-state index contributed by atoms with van der Waals surface area (Å²) < 4.78 is 4.76. The fourth-order valence-corrected chi connectivity index (χ4v) is 3.46. The van der Waals surface area contributed by atoms with Gasteiger partial charge in [0.2, 0.25) is 5.91 Å². The van der Waals surface area contributed by atoms with Crippen LogP contribution in [0.15, 0.2) is 40.6 Å². The van der Waals surface area contributed by atoms with Gasteiger partial charge in [-0.2, -0.15) is 0 Å². The van der Waals surface area contributed by atoms with E-state index in [2.05, 4.69) is 10.6 Å². The van der Waals surface area contributed by atoms with Gasteiger partial charge >= 0.3 is 0 Å². The molecule has 2 rings (SSSR count). The first kappa shape index (κ1) is 16.5. The average Bonchev–Trinajstić information content (AvgIpc) is 2.96. The molecule has 0 saturated carbocycles. The number of hydrogen-bond acceptors (Lipinski definition) is 5. The second kappa shape index (κ2) is 7.98. The largest absolute Gasteiger partial charge is 0.375 e. The third kappa shape index (κ3) is 4.33. The summed E-state index contributed by atoms with van der Waals surface area (Å²) in [6, 6.07) is 8.92. The van der Waals surface area contributed by atoms with Crippen molar-refractivity contribution in [3.8, 4) is 0 Å². The van der Waals surface area contributed by atoms with Gasteiger partial charge in [0.1, 0.15) is 11.5 Å². The number of thioether (sulfide) groups is 1. The number of rotatable bonds is 6. The van der Waals surface area contributed by atoms with Crippen LogP contribution in [-0.4, -0.2) is 31.8 Å². The first-order valence-electron chi connectivity index (χ1n) is 6.45. The van der Waals surface area contributed by atoms with Gasteiger partial charge in [0.15, 0.2) is 0 Å². The van der Waals surface area contributed by atoms with E-state index in [1.54, 1.807) is 24.3 Å². The number of methoxy groups -OCH3 is 1. The van der Waals surface area contributed by atoms with Crippen LogP contribution in [0.3, 0.4) is 0 Å². The minimum absolute atomic E-state index is 0.0110. The molecule has 7 heteroatoms. The fourth-order valence-electron chi connectivity index (χ4n) is 1.81. The van der Waals surface area contributed by atoms with Crippen LogP contribution >= 0.6 is 23.1 Å². The maximum absolute atomic E-state index is 12.3. The van der Waals surface area contributed by atoms with Crippen molar-refractivity contribution in [1.82, 2.24) is 0 Å². The van der Waals surface area contributed by atoms with E-state index in [1.807, 2.05) is 17.7 Å². The normalized spacial score (nSPS) is 10.3. The predicted molar refractivity (Wildman–Crippen MR) is 91.0 cm³/mol. The van der Waals surface area contributed by atoms with Crippen molar-refractivity contribution in [2.45, 2.75) is 4.90 Å². The lowest BCUT2D eigenvalue weighted by atomic mass is 10.2. The Kier molecular flexibility index (Phi) is 6.00. The van der Waals surface area contributed by atoms with E-state index in [9.17, 15) is 9.59 Å². The van der Waals surface area contributed by atoms with Crippen LogP contribution in [0.1, 0.15) is 9.67 Å². The molecular formula is C15H16N2O3S2. The molecule has 5 nitrogen and oxygen atoms in total. The topological polar surface area (TPSA) is 67.4 Å². The number of amides is 2. The molecule has 2 aromatic rings. The molecule has 2 N–H and O–H groups in total. The molecule has 0 bridgehead atoms. The number of ether oxygens (including phenoxy) is 1. The van der Waals surface area contributed by atoms with Crippen molar-refractivity contribution in [3.05, 3.63) is 40.6 Å². The molecule has 0 spiro atoms. The van der Waals surface area contributed by atoms with Crippen LogP contribution in [-0.2, 0) is 9.53 Å². The summed E-state index contributed by atoms with van der Waals surface area (Å²) in [5.41, 5.74) is 1.23. The predicted octanol–water partition coefficient (Wildman–Crippen LogP) is 3.31. The zero-order chi connectivity index (χ0) is 15.9. The second-order valence-electron chi connectivity index (χ2n) is 4.33. The quantitative estimate of drug-likeness (QED) is 0.794.